The zero-order chi connectivity index (χ0) is 10.2. The third-order valence-electron chi connectivity index (χ3n) is 2.11. The number of aromatic nitrogens is 2. The number of halogens is 1. The van der Waals surface area contributed by atoms with Crippen LogP contribution in [0.2, 0.25) is 5.15 Å². The van der Waals surface area contributed by atoms with Gasteiger partial charge in [-0.3, -0.25) is 4.79 Å². The van der Waals surface area contributed by atoms with Crippen molar-refractivity contribution in [3.05, 3.63) is 17.3 Å². The van der Waals surface area contributed by atoms with Crippen molar-refractivity contribution in [1.82, 2.24) is 10.2 Å². The van der Waals surface area contributed by atoms with E-state index >= 15 is 0 Å². The second-order valence-corrected chi connectivity index (χ2v) is 3.74. The highest BCUT2D eigenvalue weighted by molar-refractivity contribution is 6.29. The van der Waals surface area contributed by atoms with Crippen molar-refractivity contribution in [2.45, 2.75) is 18.4 Å². The standard InChI is InChI=1S/C8H9ClN4O/c9-5-1-2-6(13-12-5)11-7(14)8(10)3-4-8/h1-2H,3-4,10H2,(H,11,13,14). The largest absolute Gasteiger partial charge is 0.317 e. The van der Waals surface area contributed by atoms with E-state index in [-0.39, 0.29) is 11.1 Å². The van der Waals surface area contributed by atoms with E-state index in [4.69, 9.17) is 17.3 Å². The summed E-state index contributed by atoms with van der Waals surface area (Å²) in [6, 6.07) is 3.14. The summed E-state index contributed by atoms with van der Waals surface area (Å²) in [7, 11) is 0. The zero-order valence-electron chi connectivity index (χ0n) is 7.33. The van der Waals surface area contributed by atoms with Crippen LogP contribution in [0.25, 0.3) is 0 Å². The lowest BCUT2D eigenvalue weighted by Gasteiger charge is -2.08. The van der Waals surface area contributed by atoms with E-state index in [9.17, 15) is 4.79 Å². The SMILES string of the molecule is NC1(C(=O)Nc2ccc(Cl)nn2)CC1. The molecule has 1 fully saturated rings. The molecule has 0 saturated heterocycles. The van der Waals surface area contributed by atoms with Gasteiger partial charge < -0.3 is 11.1 Å². The Kier molecular flexibility index (Phi) is 2.13. The fourth-order valence-corrected chi connectivity index (χ4v) is 1.09. The van der Waals surface area contributed by atoms with Crippen molar-refractivity contribution in [3.63, 3.8) is 0 Å². The maximum atomic E-state index is 11.4. The molecule has 1 aromatic heterocycles. The van der Waals surface area contributed by atoms with E-state index in [0.717, 1.165) is 12.8 Å². The van der Waals surface area contributed by atoms with Crippen molar-refractivity contribution in [2.24, 2.45) is 5.73 Å². The molecule has 1 saturated carbocycles. The third-order valence-corrected chi connectivity index (χ3v) is 2.32. The first-order chi connectivity index (χ1) is 6.60. The number of carbonyl (C=O) groups is 1. The molecule has 0 unspecified atom stereocenters. The van der Waals surface area contributed by atoms with Crippen LogP contribution in [0.1, 0.15) is 12.8 Å². The summed E-state index contributed by atoms with van der Waals surface area (Å²) in [6.07, 6.45) is 1.44. The molecule has 5 nitrogen and oxygen atoms in total. The van der Waals surface area contributed by atoms with Gasteiger partial charge in [-0.05, 0) is 25.0 Å². The van der Waals surface area contributed by atoms with Gasteiger partial charge in [-0.25, -0.2) is 0 Å². The van der Waals surface area contributed by atoms with Gasteiger partial charge in [-0.1, -0.05) is 11.6 Å². The van der Waals surface area contributed by atoms with E-state index in [0.29, 0.717) is 5.82 Å². The first-order valence-corrected chi connectivity index (χ1v) is 4.57. The van der Waals surface area contributed by atoms with Crippen LogP contribution < -0.4 is 11.1 Å². The molecule has 0 aliphatic heterocycles. The van der Waals surface area contributed by atoms with Gasteiger partial charge in [0.15, 0.2) is 11.0 Å². The maximum Gasteiger partial charge on any atom is 0.245 e. The summed E-state index contributed by atoms with van der Waals surface area (Å²) in [5.74, 6) is 0.158. The zero-order valence-corrected chi connectivity index (χ0v) is 8.08. The second-order valence-electron chi connectivity index (χ2n) is 3.35. The van der Waals surface area contributed by atoms with Crippen molar-refractivity contribution in [1.29, 1.82) is 0 Å². The fourth-order valence-electron chi connectivity index (χ4n) is 0.985. The summed E-state index contributed by atoms with van der Waals surface area (Å²) >= 11 is 5.54. The van der Waals surface area contributed by atoms with Crippen molar-refractivity contribution >= 4 is 23.3 Å². The Morgan fingerprint density at radius 3 is 2.71 bits per heavy atom. The lowest BCUT2D eigenvalue weighted by atomic mass is 10.3. The molecule has 0 radical (unpaired) electrons. The summed E-state index contributed by atoms with van der Waals surface area (Å²) < 4.78 is 0. The molecule has 1 heterocycles. The van der Waals surface area contributed by atoms with Gasteiger partial charge in [-0.2, -0.15) is 0 Å². The average Bonchev–Trinajstić information content (AvgIpc) is 2.89. The predicted molar refractivity (Wildman–Crippen MR) is 51.8 cm³/mol. The molecule has 14 heavy (non-hydrogen) atoms. The number of rotatable bonds is 2. The number of anilines is 1. The molecule has 1 aliphatic rings. The van der Waals surface area contributed by atoms with Crippen LogP contribution in [0.5, 0.6) is 0 Å². The highest BCUT2D eigenvalue weighted by atomic mass is 35.5. The van der Waals surface area contributed by atoms with E-state index < -0.39 is 5.54 Å². The Labute approximate surface area is 85.6 Å². The van der Waals surface area contributed by atoms with Gasteiger partial charge in [0.1, 0.15) is 0 Å². The van der Waals surface area contributed by atoms with Crippen molar-refractivity contribution in [3.8, 4) is 0 Å². The quantitative estimate of drug-likeness (QED) is 0.751. The number of hydrogen-bond donors (Lipinski definition) is 2. The molecular weight excluding hydrogens is 204 g/mol. The topological polar surface area (TPSA) is 80.9 Å². The Morgan fingerprint density at radius 2 is 2.21 bits per heavy atom. The predicted octanol–water partition coefficient (Wildman–Crippen LogP) is 0.560. The van der Waals surface area contributed by atoms with E-state index in [1.807, 2.05) is 0 Å². The van der Waals surface area contributed by atoms with Gasteiger partial charge in [0.2, 0.25) is 5.91 Å². The maximum absolute atomic E-state index is 11.4. The summed E-state index contributed by atoms with van der Waals surface area (Å²) in [4.78, 5) is 11.4. The number of nitrogens with zero attached hydrogens (tertiary/aromatic N) is 2. The monoisotopic (exact) mass is 212 g/mol. The number of hydrogen-bond acceptors (Lipinski definition) is 4. The highest BCUT2D eigenvalue weighted by Gasteiger charge is 2.46. The van der Waals surface area contributed by atoms with Crippen LogP contribution in [0.4, 0.5) is 5.82 Å². The van der Waals surface area contributed by atoms with Crippen LogP contribution in [-0.2, 0) is 4.79 Å². The normalized spacial score (nSPS) is 17.6. The molecule has 0 spiro atoms. The highest BCUT2D eigenvalue weighted by Crippen LogP contribution is 2.33. The summed E-state index contributed by atoms with van der Waals surface area (Å²) in [5, 5.41) is 10.1. The Hall–Kier alpha value is -1.20. The van der Waals surface area contributed by atoms with Crippen LogP contribution in [-0.4, -0.2) is 21.6 Å². The van der Waals surface area contributed by atoms with E-state index in [1.165, 1.54) is 0 Å². The first-order valence-electron chi connectivity index (χ1n) is 4.20. The minimum Gasteiger partial charge on any atom is -0.317 e. The van der Waals surface area contributed by atoms with Gasteiger partial charge >= 0.3 is 0 Å². The van der Waals surface area contributed by atoms with Crippen molar-refractivity contribution < 1.29 is 4.79 Å². The van der Waals surface area contributed by atoms with Crippen LogP contribution in [0.15, 0.2) is 12.1 Å². The van der Waals surface area contributed by atoms with E-state index in [2.05, 4.69) is 15.5 Å². The minimum absolute atomic E-state index is 0.214. The lowest BCUT2D eigenvalue weighted by molar-refractivity contribution is -0.118. The van der Waals surface area contributed by atoms with Crippen LogP contribution in [0, 0.1) is 0 Å². The molecule has 6 heteroatoms. The molecule has 1 aromatic rings. The van der Waals surface area contributed by atoms with Crippen molar-refractivity contribution in [2.75, 3.05) is 5.32 Å². The van der Waals surface area contributed by atoms with Gasteiger partial charge in [0, 0.05) is 0 Å². The summed E-state index contributed by atoms with van der Waals surface area (Å²) in [5.41, 5.74) is 4.99. The molecular formula is C8H9ClN4O. The minimum atomic E-state index is -0.693. The number of nitrogens with two attached hydrogens (primary N) is 1. The van der Waals surface area contributed by atoms with Crippen LogP contribution in [0.3, 0.4) is 0 Å². The number of amides is 1. The molecule has 0 aromatic carbocycles. The molecule has 74 valence electrons. The lowest BCUT2D eigenvalue weighted by Crippen LogP contribution is -2.38. The number of nitrogens with one attached hydrogen (secondary N) is 1. The fraction of sp³-hybridized carbons (Fsp3) is 0.375. The first kappa shape index (κ1) is 9.36. The van der Waals surface area contributed by atoms with Crippen LogP contribution >= 0.6 is 11.6 Å². The Bertz CT molecular complexity index is 360. The molecule has 3 N–H and O–H groups in total. The smallest absolute Gasteiger partial charge is 0.245 e. The molecule has 2 rings (SSSR count). The Morgan fingerprint density at radius 1 is 1.50 bits per heavy atom. The van der Waals surface area contributed by atoms with E-state index in [1.54, 1.807) is 12.1 Å². The summed E-state index contributed by atoms with van der Waals surface area (Å²) in [6.45, 7) is 0. The molecule has 0 atom stereocenters. The van der Waals surface area contributed by atoms with Gasteiger partial charge in [-0.15, -0.1) is 10.2 Å². The third kappa shape index (κ3) is 1.83. The van der Waals surface area contributed by atoms with Gasteiger partial charge in [0.05, 0.1) is 5.54 Å². The number of carbonyl (C=O) groups excluding carboxylic acids is 1. The Balaban J connectivity index is 2.04. The molecule has 1 aliphatic carbocycles. The average molecular weight is 213 g/mol. The molecule has 0 bridgehead atoms. The molecule has 1 amide bonds. The second kappa shape index (κ2) is 3.18. The van der Waals surface area contributed by atoms with Gasteiger partial charge in [0.25, 0.3) is 0 Å².